The fraction of sp³-hybridized carbons (Fsp3) is 0.273. The average molecular weight is 266 g/mol. The van der Waals surface area contributed by atoms with Crippen molar-refractivity contribution in [1.82, 2.24) is 14.8 Å². The molecule has 0 aliphatic carbocycles. The summed E-state index contributed by atoms with van der Waals surface area (Å²) in [6.07, 6.45) is 2.02. The fourth-order valence-electron chi connectivity index (χ4n) is 1.47. The van der Waals surface area contributed by atoms with E-state index in [4.69, 9.17) is 0 Å². The maximum atomic E-state index is 11.5. The van der Waals surface area contributed by atoms with Gasteiger partial charge in [-0.25, -0.2) is 17.8 Å². The van der Waals surface area contributed by atoms with E-state index in [1.54, 1.807) is 6.92 Å². The molecule has 0 unspecified atom stereocenters. The molecule has 0 radical (unpaired) electrons. The maximum absolute atomic E-state index is 11.5. The molecule has 2 rings (SSSR count). The summed E-state index contributed by atoms with van der Waals surface area (Å²) in [6.45, 7) is 1.80. The highest BCUT2D eigenvalue weighted by molar-refractivity contribution is 7.92. The number of para-hydroxylation sites is 1. The molecule has 6 nitrogen and oxygen atoms in total. The first-order valence-corrected chi connectivity index (χ1v) is 7.23. The Balaban J connectivity index is 2.17. The maximum Gasteiger partial charge on any atom is 0.256 e. The highest BCUT2D eigenvalue weighted by Crippen LogP contribution is 2.08. The predicted octanol–water partition coefficient (Wildman–Crippen LogP) is 1.42. The Labute approximate surface area is 106 Å². The number of nitrogens with one attached hydrogen (secondary N) is 1. The van der Waals surface area contributed by atoms with Crippen LogP contribution in [0.5, 0.6) is 0 Å². The Bertz CT molecular complexity index is 607. The van der Waals surface area contributed by atoms with E-state index >= 15 is 0 Å². The first kappa shape index (κ1) is 12.6. The summed E-state index contributed by atoms with van der Waals surface area (Å²) in [6, 6.07) is 9.36. The van der Waals surface area contributed by atoms with E-state index in [0.29, 0.717) is 6.42 Å². The van der Waals surface area contributed by atoms with Crippen LogP contribution in [0.15, 0.2) is 36.7 Å². The summed E-state index contributed by atoms with van der Waals surface area (Å²) < 4.78 is 26.9. The summed E-state index contributed by atoms with van der Waals surface area (Å²) in [5, 5.41) is 4.06. The van der Waals surface area contributed by atoms with Gasteiger partial charge in [-0.2, -0.15) is 4.98 Å². The lowest BCUT2D eigenvalue weighted by Gasteiger charge is -2.02. The number of anilines is 1. The van der Waals surface area contributed by atoms with Crippen LogP contribution < -0.4 is 4.72 Å². The molecule has 0 atom stereocenters. The first-order valence-electron chi connectivity index (χ1n) is 5.58. The predicted molar refractivity (Wildman–Crippen MR) is 69.1 cm³/mol. The summed E-state index contributed by atoms with van der Waals surface area (Å²) in [4.78, 5) is 3.92. The smallest absolute Gasteiger partial charge is 0.250 e. The molecule has 7 heteroatoms. The van der Waals surface area contributed by atoms with Gasteiger partial charge in [0, 0.05) is 0 Å². The van der Waals surface area contributed by atoms with Gasteiger partial charge >= 0.3 is 0 Å². The van der Waals surface area contributed by atoms with E-state index in [0.717, 1.165) is 5.69 Å². The van der Waals surface area contributed by atoms with Crippen LogP contribution in [0, 0.1) is 0 Å². The van der Waals surface area contributed by atoms with Crippen molar-refractivity contribution in [2.75, 3.05) is 10.5 Å². The van der Waals surface area contributed by atoms with E-state index in [1.165, 1.54) is 11.0 Å². The Morgan fingerprint density at radius 1 is 1.28 bits per heavy atom. The SMILES string of the molecule is CCCS(=O)(=O)Nc1ncn(-c2ccccc2)n1. The second-order valence-corrected chi connectivity index (χ2v) is 5.61. The molecule has 0 aliphatic heterocycles. The van der Waals surface area contributed by atoms with Gasteiger partial charge in [0.2, 0.25) is 10.0 Å². The zero-order valence-corrected chi connectivity index (χ0v) is 10.8. The normalized spacial score (nSPS) is 11.4. The second-order valence-electron chi connectivity index (χ2n) is 3.77. The van der Waals surface area contributed by atoms with Crippen LogP contribution in [-0.4, -0.2) is 28.9 Å². The van der Waals surface area contributed by atoms with Crippen molar-refractivity contribution in [3.05, 3.63) is 36.7 Å². The summed E-state index contributed by atoms with van der Waals surface area (Å²) in [7, 11) is -3.34. The fourth-order valence-corrected chi connectivity index (χ4v) is 2.49. The summed E-state index contributed by atoms with van der Waals surface area (Å²) >= 11 is 0. The van der Waals surface area contributed by atoms with Crippen LogP contribution in [-0.2, 0) is 10.0 Å². The molecular formula is C11H14N4O2S. The molecule has 0 saturated heterocycles. The van der Waals surface area contributed by atoms with Crippen LogP contribution in [0.3, 0.4) is 0 Å². The van der Waals surface area contributed by atoms with E-state index in [2.05, 4.69) is 14.8 Å². The zero-order chi connectivity index (χ0) is 13.0. The standard InChI is InChI=1S/C11H14N4O2S/c1-2-8-18(16,17)14-11-12-9-15(13-11)10-6-4-3-5-7-10/h3-7,9H,2,8H2,1H3,(H,13,14). The molecule has 0 saturated carbocycles. The lowest BCUT2D eigenvalue weighted by molar-refractivity contribution is 0.599. The molecule has 96 valence electrons. The van der Waals surface area contributed by atoms with Crippen LogP contribution in [0.1, 0.15) is 13.3 Å². The number of hydrogen-bond acceptors (Lipinski definition) is 4. The quantitative estimate of drug-likeness (QED) is 0.888. The van der Waals surface area contributed by atoms with Gasteiger partial charge in [0.1, 0.15) is 6.33 Å². The van der Waals surface area contributed by atoms with Crippen molar-refractivity contribution in [3.8, 4) is 5.69 Å². The lowest BCUT2D eigenvalue weighted by Crippen LogP contribution is -2.17. The van der Waals surface area contributed by atoms with E-state index < -0.39 is 10.0 Å². The minimum absolute atomic E-state index is 0.0624. The van der Waals surface area contributed by atoms with Crippen molar-refractivity contribution in [1.29, 1.82) is 0 Å². The van der Waals surface area contributed by atoms with Crippen LogP contribution in [0.4, 0.5) is 5.95 Å². The minimum Gasteiger partial charge on any atom is -0.250 e. The van der Waals surface area contributed by atoms with Crippen molar-refractivity contribution in [2.24, 2.45) is 0 Å². The molecule has 0 fully saturated rings. The van der Waals surface area contributed by atoms with Crippen LogP contribution in [0.25, 0.3) is 5.69 Å². The highest BCUT2D eigenvalue weighted by atomic mass is 32.2. The van der Waals surface area contributed by atoms with Crippen LogP contribution >= 0.6 is 0 Å². The number of hydrogen-bond donors (Lipinski definition) is 1. The van der Waals surface area contributed by atoms with Gasteiger partial charge in [-0.3, -0.25) is 0 Å². The molecule has 0 spiro atoms. The molecule has 18 heavy (non-hydrogen) atoms. The third-order valence-electron chi connectivity index (χ3n) is 2.23. The van der Waals surface area contributed by atoms with Crippen molar-refractivity contribution < 1.29 is 8.42 Å². The largest absolute Gasteiger partial charge is 0.256 e. The number of rotatable bonds is 5. The van der Waals surface area contributed by atoms with Gasteiger partial charge in [-0.15, -0.1) is 5.10 Å². The topological polar surface area (TPSA) is 76.9 Å². The lowest BCUT2D eigenvalue weighted by atomic mass is 10.3. The summed E-state index contributed by atoms with van der Waals surface area (Å²) in [5.41, 5.74) is 0.825. The van der Waals surface area contributed by atoms with Gasteiger partial charge in [-0.05, 0) is 18.6 Å². The first-order chi connectivity index (χ1) is 8.61. The van der Waals surface area contributed by atoms with E-state index in [-0.39, 0.29) is 11.7 Å². The third kappa shape index (κ3) is 3.07. The Kier molecular flexibility index (Phi) is 3.61. The minimum atomic E-state index is -3.34. The zero-order valence-electron chi connectivity index (χ0n) is 9.94. The van der Waals surface area contributed by atoms with Crippen LogP contribution in [0.2, 0.25) is 0 Å². The van der Waals surface area contributed by atoms with Gasteiger partial charge < -0.3 is 0 Å². The summed E-state index contributed by atoms with van der Waals surface area (Å²) in [5.74, 6) is 0.152. The van der Waals surface area contributed by atoms with Crippen molar-refractivity contribution in [2.45, 2.75) is 13.3 Å². The van der Waals surface area contributed by atoms with Gasteiger partial charge in [0.25, 0.3) is 5.95 Å². The van der Waals surface area contributed by atoms with Crippen molar-refractivity contribution in [3.63, 3.8) is 0 Å². The van der Waals surface area contributed by atoms with E-state index in [9.17, 15) is 8.42 Å². The second kappa shape index (κ2) is 5.18. The number of benzene rings is 1. The molecular weight excluding hydrogens is 252 g/mol. The van der Waals surface area contributed by atoms with Gasteiger partial charge in [-0.1, -0.05) is 25.1 Å². The van der Waals surface area contributed by atoms with Gasteiger partial charge in [0.15, 0.2) is 0 Å². The molecule has 0 bridgehead atoms. The Hall–Kier alpha value is -1.89. The molecule has 1 N–H and O–H groups in total. The molecule has 0 aliphatic rings. The Morgan fingerprint density at radius 2 is 2.00 bits per heavy atom. The number of nitrogens with zero attached hydrogens (tertiary/aromatic N) is 3. The molecule has 1 aromatic heterocycles. The number of aromatic nitrogens is 3. The molecule has 2 aromatic rings. The average Bonchev–Trinajstić information content (AvgIpc) is 2.77. The monoisotopic (exact) mass is 266 g/mol. The van der Waals surface area contributed by atoms with Crippen molar-refractivity contribution >= 4 is 16.0 Å². The third-order valence-corrected chi connectivity index (χ3v) is 3.67. The molecule has 1 heterocycles. The Morgan fingerprint density at radius 3 is 2.67 bits per heavy atom. The highest BCUT2D eigenvalue weighted by Gasteiger charge is 2.11. The number of sulfonamides is 1. The molecule has 1 aromatic carbocycles. The molecule has 0 amide bonds. The van der Waals surface area contributed by atoms with E-state index in [1.807, 2.05) is 30.3 Å². The van der Waals surface area contributed by atoms with Gasteiger partial charge in [0.05, 0.1) is 11.4 Å².